The molecule has 5 nitrogen and oxygen atoms in total. The molecule has 3 rings (SSSR count). The topological polar surface area (TPSA) is 64.8 Å². The van der Waals surface area contributed by atoms with E-state index < -0.39 is 31.2 Å². The van der Waals surface area contributed by atoms with Gasteiger partial charge in [-0.2, -0.15) is 0 Å². The molecule has 3 aromatic rings. The maximum absolute atomic E-state index is 12.9. The second kappa shape index (κ2) is 5.90. The molecule has 7 heteroatoms. The van der Waals surface area contributed by atoms with Crippen molar-refractivity contribution in [3.63, 3.8) is 0 Å². The van der Waals surface area contributed by atoms with Crippen molar-refractivity contribution in [2.75, 3.05) is 0 Å². The van der Waals surface area contributed by atoms with Gasteiger partial charge in [0.15, 0.2) is 0 Å². The summed E-state index contributed by atoms with van der Waals surface area (Å²) in [4.78, 5) is 8.92. The summed E-state index contributed by atoms with van der Waals surface area (Å²) in [5.74, 6) is 0. The fourth-order valence-corrected chi connectivity index (χ4v) is 7.61. The van der Waals surface area contributed by atoms with Crippen LogP contribution in [0, 0.1) is 0 Å². The van der Waals surface area contributed by atoms with Gasteiger partial charge in [-0.1, -0.05) is 0 Å². The fourth-order valence-electron chi connectivity index (χ4n) is 2.31. The molecule has 2 radical (unpaired) electrons. The normalized spacial score (nSPS) is 12.7. The monoisotopic (exact) mass is 435 g/mol. The molecule has 0 saturated carbocycles. The van der Waals surface area contributed by atoms with Crippen molar-refractivity contribution in [2.24, 2.45) is 0 Å². The number of hydrogen-bond acceptors (Lipinski definition) is 4. The van der Waals surface area contributed by atoms with Crippen LogP contribution in [-0.2, 0) is 10.0 Å². The molecule has 0 saturated heterocycles. The van der Waals surface area contributed by atoms with Crippen LogP contribution >= 0.6 is 0 Å². The molecule has 0 amide bonds. The first-order chi connectivity index (χ1) is 10.8. The first-order valence-electron chi connectivity index (χ1n) is 7.20. The fraction of sp³-hybridized carbons (Fsp3) is 0.250. The third kappa shape index (κ3) is 3.28. The van der Waals surface area contributed by atoms with Crippen molar-refractivity contribution in [2.45, 2.75) is 29.1 Å². The van der Waals surface area contributed by atoms with Crippen molar-refractivity contribution in [3.8, 4) is 0 Å². The SMILES string of the molecule is C[C](C)(C)[Sn][c]1cn(S(=O)(=O)c2ccccc2)c2nccnc12. The summed E-state index contributed by atoms with van der Waals surface area (Å²) in [6, 6.07) is 8.43. The van der Waals surface area contributed by atoms with E-state index in [1.54, 1.807) is 42.7 Å². The van der Waals surface area contributed by atoms with Crippen molar-refractivity contribution < 1.29 is 8.42 Å². The number of fused-ring (bicyclic) bond motifs is 1. The van der Waals surface area contributed by atoms with Crippen LogP contribution in [-0.4, -0.2) is 43.5 Å². The number of nitrogens with zero attached hydrogens (tertiary/aromatic N) is 3. The van der Waals surface area contributed by atoms with Crippen molar-refractivity contribution in [1.29, 1.82) is 0 Å². The maximum atomic E-state index is 12.9. The molecule has 1 aromatic carbocycles. The Kier molecular flexibility index (Phi) is 4.22. The molecular formula is C16H17N3O2SSn. The summed E-state index contributed by atoms with van der Waals surface area (Å²) >= 11 is -1.02. The van der Waals surface area contributed by atoms with Crippen LogP contribution in [0.15, 0.2) is 53.8 Å². The van der Waals surface area contributed by atoms with Crippen LogP contribution < -0.4 is 3.58 Å². The summed E-state index contributed by atoms with van der Waals surface area (Å²) in [6.07, 6.45) is 4.88. The summed E-state index contributed by atoms with van der Waals surface area (Å²) in [6.45, 7) is 6.55. The van der Waals surface area contributed by atoms with E-state index in [0.717, 1.165) is 3.58 Å². The van der Waals surface area contributed by atoms with Gasteiger partial charge in [-0.05, 0) is 0 Å². The van der Waals surface area contributed by atoms with Gasteiger partial charge in [0, 0.05) is 0 Å². The number of benzene rings is 1. The van der Waals surface area contributed by atoms with E-state index in [9.17, 15) is 8.42 Å². The summed E-state index contributed by atoms with van der Waals surface area (Å²) in [5.41, 5.74) is 1.13. The van der Waals surface area contributed by atoms with Gasteiger partial charge in [0.2, 0.25) is 0 Å². The first-order valence-corrected chi connectivity index (χ1v) is 11.5. The van der Waals surface area contributed by atoms with Gasteiger partial charge in [0.25, 0.3) is 0 Å². The Balaban J connectivity index is 2.23. The second-order valence-electron chi connectivity index (χ2n) is 6.26. The van der Waals surface area contributed by atoms with E-state index in [4.69, 9.17) is 0 Å². The molecule has 0 aliphatic rings. The number of aromatic nitrogens is 3. The summed E-state index contributed by atoms with van der Waals surface area (Å²) in [5, 5.41) is 0. The minimum absolute atomic E-state index is 0.191. The van der Waals surface area contributed by atoms with Crippen LogP contribution in [0.25, 0.3) is 11.2 Å². The first kappa shape index (κ1) is 16.4. The Labute approximate surface area is 146 Å². The van der Waals surface area contributed by atoms with Gasteiger partial charge in [-0.25, -0.2) is 0 Å². The number of rotatable bonds is 3. The Morgan fingerprint density at radius 2 is 1.70 bits per heavy atom. The average Bonchev–Trinajstić information content (AvgIpc) is 2.86. The van der Waals surface area contributed by atoms with Gasteiger partial charge in [0.05, 0.1) is 0 Å². The van der Waals surface area contributed by atoms with E-state index in [1.807, 2.05) is 0 Å². The Morgan fingerprint density at radius 1 is 1.04 bits per heavy atom. The van der Waals surface area contributed by atoms with Crippen LogP contribution in [0.5, 0.6) is 0 Å². The van der Waals surface area contributed by atoms with Crippen LogP contribution in [0.4, 0.5) is 0 Å². The molecule has 0 bridgehead atoms. The van der Waals surface area contributed by atoms with E-state index >= 15 is 0 Å². The van der Waals surface area contributed by atoms with Crippen LogP contribution in [0.2, 0.25) is 3.43 Å². The zero-order valence-electron chi connectivity index (χ0n) is 13.2. The van der Waals surface area contributed by atoms with Gasteiger partial charge < -0.3 is 0 Å². The molecule has 0 N–H and O–H groups in total. The van der Waals surface area contributed by atoms with Crippen molar-refractivity contribution in [3.05, 3.63) is 48.9 Å². The van der Waals surface area contributed by atoms with Gasteiger partial charge in [-0.3, -0.25) is 0 Å². The predicted molar refractivity (Wildman–Crippen MR) is 91.7 cm³/mol. The third-order valence-corrected chi connectivity index (χ3v) is 8.82. The van der Waals surface area contributed by atoms with Crippen LogP contribution in [0.3, 0.4) is 0 Å². The molecule has 0 spiro atoms. The molecule has 0 unspecified atom stereocenters. The van der Waals surface area contributed by atoms with Gasteiger partial charge in [-0.15, -0.1) is 0 Å². The molecule has 0 fully saturated rings. The molecule has 23 heavy (non-hydrogen) atoms. The van der Waals surface area contributed by atoms with Crippen LogP contribution in [0.1, 0.15) is 20.8 Å². The quantitative estimate of drug-likeness (QED) is 0.594. The zero-order chi connectivity index (χ0) is 16.7. The third-order valence-electron chi connectivity index (χ3n) is 3.20. The Hall–Kier alpha value is -1.41. The van der Waals surface area contributed by atoms with E-state index in [0.29, 0.717) is 11.2 Å². The predicted octanol–water partition coefficient (Wildman–Crippen LogP) is 2.22. The Morgan fingerprint density at radius 3 is 2.35 bits per heavy atom. The Bertz CT molecular complexity index is 944. The van der Waals surface area contributed by atoms with E-state index in [1.165, 1.54) is 10.2 Å². The van der Waals surface area contributed by atoms with Gasteiger partial charge in [0.1, 0.15) is 0 Å². The average molecular weight is 434 g/mol. The van der Waals surface area contributed by atoms with E-state index in [2.05, 4.69) is 30.7 Å². The molecule has 2 heterocycles. The minimum atomic E-state index is -3.66. The van der Waals surface area contributed by atoms with Gasteiger partial charge >= 0.3 is 146 Å². The van der Waals surface area contributed by atoms with Crippen molar-refractivity contribution >= 4 is 45.9 Å². The van der Waals surface area contributed by atoms with E-state index in [-0.39, 0.29) is 8.33 Å². The van der Waals surface area contributed by atoms with Crippen molar-refractivity contribution in [1.82, 2.24) is 13.9 Å². The molecule has 118 valence electrons. The molecule has 0 aliphatic heterocycles. The standard InChI is InChI=1S/C12H8N3O2S.C4H9.Sn/c16-18(17,10-4-2-1-3-5-10)15-9-6-11-12(15)14-8-7-13-11;1-4(2)3;/h1-5,7-9H;1-3H3;. The second-order valence-corrected chi connectivity index (χ2v) is 14.6. The zero-order valence-corrected chi connectivity index (χ0v) is 16.9. The number of hydrogen-bond donors (Lipinski definition) is 0. The summed E-state index contributed by atoms with van der Waals surface area (Å²) < 4.78 is 28.4. The molecule has 0 atom stereocenters. The molecular weight excluding hydrogens is 417 g/mol. The summed E-state index contributed by atoms with van der Waals surface area (Å²) in [7, 11) is -3.66. The molecule has 0 aliphatic carbocycles. The molecule has 2 aromatic heterocycles.